The van der Waals surface area contributed by atoms with Crippen molar-refractivity contribution in [1.29, 1.82) is 0 Å². The highest BCUT2D eigenvalue weighted by Gasteiger charge is 2.41. The first kappa shape index (κ1) is 28.9. The number of sulfonamides is 1. The predicted molar refractivity (Wildman–Crippen MR) is 130 cm³/mol. The molecule has 2 rings (SSSR count). The van der Waals surface area contributed by atoms with Crippen LogP contribution in [0, 0.1) is 22.9 Å². The topological polar surface area (TPSA) is 145 Å². The molecule has 0 heterocycles. The van der Waals surface area contributed by atoms with Crippen LogP contribution in [0.1, 0.15) is 45.7 Å². The Balaban J connectivity index is 2.34. The molecule has 2 atom stereocenters. The van der Waals surface area contributed by atoms with Crippen molar-refractivity contribution in [2.45, 2.75) is 70.0 Å². The number of hydrogen-bond acceptors (Lipinski definition) is 7. The summed E-state index contributed by atoms with van der Waals surface area (Å²) in [6.07, 6.45) is -0.274. The summed E-state index contributed by atoms with van der Waals surface area (Å²) in [6.45, 7) is 9.15. The lowest BCUT2D eigenvalue weighted by molar-refractivity contribution is -0.387. The zero-order chi connectivity index (χ0) is 27.5. The number of carbonyl (C=O) groups excluding carboxylic acids is 2. The van der Waals surface area contributed by atoms with E-state index in [1.807, 2.05) is 0 Å². The molecule has 2 N–H and O–H groups in total. The highest BCUT2D eigenvalue weighted by Crippen LogP contribution is 2.24. The van der Waals surface area contributed by atoms with Crippen LogP contribution in [-0.4, -0.2) is 42.4 Å². The Kier molecular flexibility index (Phi) is 8.58. The van der Waals surface area contributed by atoms with Crippen LogP contribution in [0.15, 0.2) is 47.4 Å². The van der Waals surface area contributed by atoms with Crippen LogP contribution < -0.4 is 10.0 Å². The number of halogens is 1. The Hall–Kier alpha value is -3.38. The van der Waals surface area contributed by atoms with Gasteiger partial charge in [-0.25, -0.2) is 17.6 Å². The molecule has 0 radical (unpaired) electrons. The first-order valence-corrected chi connectivity index (χ1v) is 12.5. The summed E-state index contributed by atoms with van der Waals surface area (Å²) in [5.41, 5.74) is -2.54. The molecular weight excluding hydrogens is 493 g/mol. The summed E-state index contributed by atoms with van der Waals surface area (Å²) in [7, 11) is -4.48. The molecule has 0 bridgehead atoms. The van der Waals surface area contributed by atoms with E-state index in [9.17, 15) is 32.5 Å². The molecule has 36 heavy (non-hydrogen) atoms. The number of ether oxygens (including phenoxy) is 1. The number of aryl methyl sites for hydroxylation is 1. The van der Waals surface area contributed by atoms with E-state index < -0.39 is 60.4 Å². The van der Waals surface area contributed by atoms with E-state index >= 15 is 0 Å². The highest BCUT2D eigenvalue weighted by molar-refractivity contribution is 7.89. The lowest BCUT2D eigenvalue weighted by Crippen LogP contribution is -2.59. The molecule has 0 saturated heterocycles. The van der Waals surface area contributed by atoms with E-state index in [1.54, 1.807) is 33.8 Å². The van der Waals surface area contributed by atoms with Gasteiger partial charge in [0.2, 0.25) is 15.9 Å². The van der Waals surface area contributed by atoms with Crippen LogP contribution in [0.25, 0.3) is 0 Å². The maximum Gasteiger partial charge on any atom is 0.332 e. The molecule has 0 fully saturated rings. The number of nitrogens with zero attached hydrogens (tertiary/aromatic N) is 1. The van der Waals surface area contributed by atoms with E-state index in [1.165, 1.54) is 38.1 Å². The maximum atomic E-state index is 14.6. The number of rotatable bonds is 9. The number of amides is 1. The molecule has 0 aliphatic heterocycles. The quantitative estimate of drug-likeness (QED) is 0.292. The summed E-state index contributed by atoms with van der Waals surface area (Å²) in [4.78, 5) is 35.9. The van der Waals surface area contributed by atoms with E-state index in [0.29, 0.717) is 5.56 Å². The van der Waals surface area contributed by atoms with Gasteiger partial charge in [0.05, 0.1) is 11.0 Å². The lowest BCUT2D eigenvalue weighted by atomic mass is 9.91. The number of nitro groups is 1. The summed E-state index contributed by atoms with van der Waals surface area (Å²) < 4.78 is 47.7. The first-order valence-electron chi connectivity index (χ1n) is 11.0. The van der Waals surface area contributed by atoms with Crippen molar-refractivity contribution >= 4 is 27.6 Å². The number of benzene rings is 2. The summed E-state index contributed by atoms with van der Waals surface area (Å²) in [6, 6.07) is 7.66. The van der Waals surface area contributed by atoms with Crippen molar-refractivity contribution in [1.82, 2.24) is 10.0 Å². The third-order valence-corrected chi connectivity index (χ3v) is 6.67. The van der Waals surface area contributed by atoms with Gasteiger partial charge in [0.25, 0.3) is 5.69 Å². The smallest absolute Gasteiger partial charge is 0.332 e. The fraction of sp³-hybridized carbons (Fsp3) is 0.417. The third-order valence-electron chi connectivity index (χ3n) is 5.08. The Morgan fingerprint density at radius 2 is 1.75 bits per heavy atom. The molecular formula is C24H30FN3O7S. The van der Waals surface area contributed by atoms with E-state index in [2.05, 4.69) is 10.0 Å². The van der Waals surface area contributed by atoms with Crippen LogP contribution in [0.3, 0.4) is 0 Å². The van der Waals surface area contributed by atoms with Crippen molar-refractivity contribution in [2.75, 3.05) is 0 Å². The third kappa shape index (κ3) is 7.31. The zero-order valence-corrected chi connectivity index (χ0v) is 21.7. The van der Waals surface area contributed by atoms with Gasteiger partial charge in [0, 0.05) is 12.5 Å². The predicted octanol–water partition coefficient (Wildman–Crippen LogP) is 3.17. The number of carbonyl (C=O) groups is 2. The fourth-order valence-corrected chi connectivity index (χ4v) is 4.67. The van der Waals surface area contributed by atoms with Gasteiger partial charge in [-0.05, 0) is 64.8 Å². The fourth-order valence-electron chi connectivity index (χ4n) is 3.30. The Morgan fingerprint density at radius 1 is 1.14 bits per heavy atom. The average Bonchev–Trinajstić information content (AvgIpc) is 2.74. The van der Waals surface area contributed by atoms with Crippen molar-refractivity contribution in [3.05, 3.63) is 69.5 Å². The van der Waals surface area contributed by atoms with Crippen LogP contribution in [-0.2, 0) is 30.8 Å². The molecule has 0 aliphatic carbocycles. The van der Waals surface area contributed by atoms with Crippen LogP contribution in [0.2, 0.25) is 0 Å². The second-order valence-corrected chi connectivity index (χ2v) is 11.3. The SMILES string of the molecule is Cc1ccc(C[C@](C)(NC(=O)[C@H](C)NS(=O)(=O)c2ccccc2[N+](=O)[O-])C(=O)OC(C)(C)C)c(F)c1. The minimum atomic E-state index is -4.48. The van der Waals surface area contributed by atoms with Crippen molar-refractivity contribution in [3.63, 3.8) is 0 Å². The Bertz CT molecular complexity index is 1270. The Labute approximate surface area is 209 Å². The van der Waals surface area contributed by atoms with Gasteiger partial charge in [0.1, 0.15) is 17.0 Å². The number of nitrogens with one attached hydrogen (secondary N) is 2. The molecule has 2 aromatic rings. The standard InChI is InChI=1S/C24H30FN3O7S/c1-15-11-12-17(18(25)13-15)14-24(6,22(30)35-23(3,4)5)26-21(29)16(2)27-36(33,34)20-10-8-7-9-19(20)28(31)32/h7-13,16,27H,14H2,1-6H3,(H,26,29)/t16-,24-/m0/s1. The number of esters is 1. The molecule has 0 unspecified atom stereocenters. The largest absolute Gasteiger partial charge is 0.458 e. The molecule has 0 spiro atoms. The van der Waals surface area contributed by atoms with E-state index in [-0.39, 0.29) is 12.0 Å². The number of para-hydroxylation sites is 1. The molecule has 10 nitrogen and oxygen atoms in total. The molecule has 0 aliphatic rings. The van der Waals surface area contributed by atoms with Crippen LogP contribution in [0.4, 0.5) is 10.1 Å². The van der Waals surface area contributed by atoms with Gasteiger partial charge in [0.15, 0.2) is 4.90 Å². The molecule has 0 aromatic heterocycles. The average molecular weight is 524 g/mol. The van der Waals surface area contributed by atoms with Gasteiger partial charge in [-0.2, -0.15) is 4.72 Å². The summed E-state index contributed by atoms with van der Waals surface area (Å²) in [5, 5.41) is 13.7. The van der Waals surface area contributed by atoms with E-state index in [0.717, 1.165) is 12.1 Å². The van der Waals surface area contributed by atoms with Gasteiger partial charge in [-0.15, -0.1) is 0 Å². The summed E-state index contributed by atoms with van der Waals surface area (Å²) in [5.74, 6) is -2.35. The van der Waals surface area contributed by atoms with Crippen LogP contribution in [0.5, 0.6) is 0 Å². The van der Waals surface area contributed by atoms with Crippen LogP contribution >= 0.6 is 0 Å². The Morgan fingerprint density at radius 3 is 2.31 bits per heavy atom. The number of hydrogen-bond donors (Lipinski definition) is 2. The molecule has 1 amide bonds. The summed E-state index contributed by atoms with van der Waals surface area (Å²) >= 11 is 0. The number of nitro benzene ring substituents is 1. The van der Waals surface area contributed by atoms with Crippen molar-refractivity contribution in [2.24, 2.45) is 0 Å². The lowest BCUT2D eigenvalue weighted by Gasteiger charge is -2.33. The second-order valence-electron chi connectivity index (χ2n) is 9.66. The molecule has 196 valence electrons. The zero-order valence-electron chi connectivity index (χ0n) is 20.9. The van der Waals surface area contributed by atoms with Gasteiger partial charge >= 0.3 is 5.97 Å². The molecule has 0 saturated carbocycles. The molecule has 2 aromatic carbocycles. The molecule has 12 heteroatoms. The maximum absolute atomic E-state index is 14.6. The van der Waals surface area contributed by atoms with Crippen molar-refractivity contribution in [3.8, 4) is 0 Å². The minimum Gasteiger partial charge on any atom is -0.458 e. The van der Waals surface area contributed by atoms with Gasteiger partial charge in [-0.1, -0.05) is 24.3 Å². The van der Waals surface area contributed by atoms with Gasteiger partial charge in [-0.3, -0.25) is 14.9 Å². The van der Waals surface area contributed by atoms with Crippen molar-refractivity contribution < 1.29 is 32.1 Å². The monoisotopic (exact) mass is 523 g/mol. The highest BCUT2D eigenvalue weighted by atomic mass is 32.2. The first-order chi connectivity index (χ1) is 16.4. The minimum absolute atomic E-state index is 0.141. The van der Waals surface area contributed by atoms with E-state index in [4.69, 9.17) is 4.74 Å². The second kappa shape index (κ2) is 10.7. The van der Waals surface area contributed by atoms with Gasteiger partial charge < -0.3 is 10.1 Å². The normalized spacial score (nSPS) is 14.4.